The molecule has 3 atom stereocenters. The third-order valence-electron chi connectivity index (χ3n) is 6.87. The van der Waals surface area contributed by atoms with Crippen molar-refractivity contribution in [3.63, 3.8) is 0 Å². The van der Waals surface area contributed by atoms with Crippen molar-refractivity contribution in [3.8, 4) is 0 Å². The second-order valence-corrected chi connectivity index (χ2v) is 8.73. The van der Waals surface area contributed by atoms with Crippen molar-refractivity contribution in [1.82, 2.24) is 25.8 Å². The van der Waals surface area contributed by atoms with Crippen LogP contribution in [0.1, 0.15) is 52.9 Å². The van der Waals surface area contributed by atoms with Gasteiger partial charge in [0.15, 0.2) is 5.96 Å². The number of hydrogen-bond donors (Lipinski definition) is 3. The van der Waals surface area contributed by atoms with Gasteiger partial charge in [-0.2, -0.15) is 0 Å². The normalized spacial score (nSPS) is 31.5. The number of hydrogen-bond acceptors (Lipinski definition) is 4. The maximum Gasteiger partial charge on any atom is 0.322 e. The molecule has 8 nitrogen and oxygen atoms in total. The molecule has 0 aliphatic carbocycles. The molecule has 3 saturated heterocycles. The molecule has 3 fully saturated rings. The zero-order chi connectivity index (χ0) is 20.3. The maximum atomic E-state index is 12.2. The molecule has 28 heavy (non-hydrogen) atoms. The third kappa shape index (κ3) is 4.26. The minimum atomic E-state index is -0.793. The molecule has 3 heterocycles. The lowest BCUT2D eigenvalue weighted by Crippen LogP contribution is -2.56. The standard InChI is InChI=1S/C20H36N6O2/c1-14-7-5-6-10-26(14)15(2)13-22-18(21-4)25-11-8-16(9-12-25)20(3)17(27)23-19(28)24-20/h14-16H,5-13H2,1-4H3,(H,21,22)(H2,23,24,27,28). The van der Waals surface area contributed by atoms with Gasteiger partial charge >= 0.3 is 6.03 Å². The zero-order valence-electron chi connectivity index (χ0n) is 17.8. The lowest BCUT2D eigenvalue weighted by Gasteiger charge is -2.41. The highest BCUT2D eigenvalue weighted by Gasteiger charge is 2.48. The monoisotopic (exact) mass is 392 g/mol. The Kier molecular flexibility index (Phi) is 6.47. The van der Waals surface area contributed by atoms with Gasteiger partial charge in [0.1, 0.15) is 5.54 Å². The van der Waals surface area contributed by atoms with Gasteiger partial charge in [-0.1, -0.05) is 6.42 Å². The Morgan fingerprint density at radius 1 is 1.25 bits per heavy atom. The number of aliphatic imine (C=N–C) groups is 1. The maximum absolute atomic E-state index is 12.2. The van der Waals surface area contributed by atoms with Gasteiger partial charge in [0.25, 0.3) is 5.91 Å². The molecular formula is C20H36N6O2. The first kappa shape index (κ1) is 20.9. The van der Waals surface area contributed by atoms with Crippen LogP contribution < -0.4 is 16.0 Å². The summed E-state index contributed by atoms with van der Waals surface area (Å²) < 4.78 is 0. The molecule has 3 aliphatic heterocycles. The minimum Gasteiger partial charge on any atom is -0.355 e. The highest BCUT2D eigenvalue weighted by atomic mass is 16.2. The van der Waals surface area contributed by atoms with Crippen molar-refractivity contribution >= 4 is 17.9 Å². The first-order chi connectivity index (χ1) is 13.3. The molecule has 3 amide bonds. The number of guanidine groups is 1. The zero-order valence-corrected chi connectivity index (χ0v) is 17.8. The number of piperidine rings is 2. The van der Waals surface area contributed by atoms with Crippen molar-refractivity contribution in [2.24, 2.45) is 10.9 Å². The predicted octanol–water partition coefficient (Wildman–Crippen LogP) is 1.13. The molecule has 3 N–H and O–H groups in total. The van der Waals surface area contributed by atoms with Crippen LogP contribution in [0.25, 0.3) is 0 Å². The molecule has 0 aromatic heterocycles. The van der Waals surface area contributed by atoms with E-state index in [-0.39, 0.29) is 17.9 Å². The van der Waals surface area contributed by atoms with E-state index in [0.717, 1.165) is 38.4 Å². The van der Waals surface area contributed by atoms with E-state index in [1.165, 1.54) is 25.8 Å². The predicted molar refractivity (Wildman–Crippen MR) is 110 cm³/mol. The largest absolute Gasteiger partial charge is 0.355 e. The average molecular weight is 393 g/mol. The number of carbonyl (C=O) groups excluding carboxylic acids is 2. The quantitative estimate of drug-likeness (QED) is 0.379. The lowest BCUT2D eigenvalue weighted by molar-refractivity contribution is -0.125. The number of nitrogens with zero attached hydrogens (tertiary/aromatic N) is 3. The van der Waals surface area contributed by atoms with Gasteiger partial charge in [0.05, 0.1) is 0 Å². The SMILES string of the molecule is CN=C(NCC(C)N1CCCCC1C)N1CCC(C2(C)NC(=O)NC2=O)CC1. The first-order valence-electron chi connectivity index (χ1n) is 10.7. The van der Waals surface area contributed by atoms with Crippen LogP contribution in [0.2, 0.25) is 0 Å². The number of carbonyl (C=O) groups is 2. The van der Waals surface area contributed by atoms with Gasteiger partial charge in [-0.25, -0.2) is 4.79 Å². The van der Waals surface area contributed by atoms with E-state index in [0.29, 0.717) is 12.1 Å². The molecular weight excluding hydrogens is 356 g/mol. The first-order valence-corrected chi connectivity index (χ1v) is 10.7. The van der Waals surface area contributed by atoms with Crippen molar-refractivity contribution < 1.29 is 9.59 Å². The molecule has 3 aliphatic rings. The molecule has 0 bridgehead atoms. The fraction of sp³-hybridized carbons (Fsp3) is 0.850. The highest BCUT2D eigenvalue weighted by Crippen LogP contribution is 2.30. The Balaban J connectivity index is 1.50. The molecule has 0 spiro atoms. The summed E-state index contributed by atoms with van der Waals surface area (Å²) in [6.45, 7) is 10.2. The summed E-state index contributed by atoms with van der Waals surface area (Å²) in [6.07, 6.45) is 5.62. The Morgan fingerprint density at radius 2 is 1.96 bits per heavy atom. The van der Waals surface area contributed by atoms with Gasteiger partial charge in [0.2, 0.25) is 0 Å². The van der Waals surface area contributed by atoms with Crippen LogP contribution in [0.5, 0.6) is 0 Å². The van der Waals surface area contributed by atoms with E-state index >= 15 is 0 Å². The van der Waals surface area contributed by atoms with Gasteiger partial charge < -0.3 is 15.5 Å². The topological polar surface area (TPSA) is 89.1 Å². The van der Waals surface area contributed by atoms with Crippen molar-refractivity contribution in [3.05, 3.63) is 0 Å². The van der Waals surface area contributed by atoms with Crippen LogP contribution in [-0.2, 0) is 4.79 Å². The summed E-state index contributed by atoms with van der Waals surface area (Å²) in [5.41, 5.74) is -0.793. The van der Waals surface area contributed by atoms with Crippen molar-refractivity contribution in [2.75, 3.05) is 33.2 Å². The molecule has 8 heteroatoms. The van der Waals surface area contributed by atoms with Gasteiger partial charge in [-0.3, -0.25) is 20.0 Å². The van der Waals surface area contributed by atoms with E-state index in [1.807, 2.05) is 14.0 Å². The van der Waals surface area contributed by atoms with Crippen molar-refractivity contribution in [2.45, 2.75) is 70.5 Å². The molecule has 0 saturated carbocycles. The Morgan fingerprint density at radius 3 is 2.54 bits per heavy atom. The fourth-order valence-corrected chi connectivity index (χ4v) is 4.98. The van der Waals surface area contributed by atoms with Gasteiger partial charge in [-0.05, 0) is 58.9 Å². The second-order valence-electron chi connectivity index (χ2n) is 8.73. The molecule has 0 aromatic rings. The van der Waals surface area contributed by atoms with Crippen molar-refractivity contribution in [1.29, 1.82) is 0 Å². The number of amides is 3. The number of likely N-dealkylation sites (tertiary alicyclic amines) is 2. The summed E-state index contributed by atoms with van der Waals surface area (Å²) >= 11 is 0. The van der Waals surface area contributed by atoms with E-state index in [4.69, 9.17) is 0 Å². The summed E-state index contributed by atoms with van der Waals surface area (Å²) in [5, 5.41) is 8.74. The minimum absolute atomic E-state index is 0.140. The van der Waals surface area contributed by atoms with Gasteiger partial charge in [-0.15, -0.1) is 0 Å². The average Bonchev–Trinajstić information content (AvgIpc) is 2.95. The van der Waals surface area contributed by atoms with Crippen LogP contribution in [0, 0.1) is 5.92 Å². The van der Waals surface area contributed by atoms with Gasteiger partial charge in [0, 0.05) is 38.8 Å². The van der Waals surface area contributed by atoms with E-state index in [9.17, 15) is 9.59 Å². The number of rotatable bonds is 4. The summed E-state index contributed by atoms with van der Waals surface area (Å²) in [7, 11) is 1.83. The Hall–Kier alpha value is -1.83. The summed E-state index contributed by atoms with van der Waals surface area (Å²) in [4.78, 5) is 33.1. The smallest absolute Gasteiger partial charge is 0.322 e. The van der Waals surface area contributed by atoms with Crippen LogP contribution in [0.15, 0.2) is 4.99 Å². The second kappa shape index (κ2) is 8.68. The third-order valence-corrected chi connectivity index (χ3v) is 6.87. The molecule has 158 valence electrons. The Labute approximate surface area is 168 Å². The number of urea groups is 1. The van der Waals surface area contributed by atoms with Crippen LogP contribution in [0.4, 0.5) is 4.79 Å². The van der Waals surface area contributed by atoms with Crippen LogP contribution in [0.3, 0.4) is 0 Å². The molecule has 3 unspecified atom stereocenters. The number of imide groups is 1. The van der Waals surface area contributed by atoms with E-state index < -0.39 is 5.54 Å². The Bertz CT molecular complexity index is 616. The lowest BCUT2D eigenvalue weighted by atomic mass is 9.79. The highest BCUT2D eigenvalue weighted by molar-refractivity contribution is 6.07. The van der Waals surface area contributed by atoms with E-state index in [1.54, 1.807) is 0 Å². The fourth-order valence-electron chi connectivity index (χ4n) is 4.98. The molecule has 0 radical (unpaired) electrons. The number of nitrogens with one attached hydrogen (secondary N) is 3. The molecule has 0 aromatic carbocycles. The van der Waals surface area contributed by atoms with Crippen LogP contribution >= 0.6 is 0 Å². The van der Waals surface area contributed by atoms with E-state index in [2.05, 4.69) is 44.6 Å². The van der Waals surface area contributed by atoms with Crippen LogP contribution in [-0.4, -0.2) is 78.5 Å². The molecule has 3 rings (SSSR count). The summed E-state index contributed by atoms with van der Waals surface area (Å²) in [6, 6.07) is 0.742. The summed E-state index contributed by atoms with van der Waals surface area (Å²) in [5.74, 6) is 0.865.